The van der Waals surface area contributed by atoms with Gasteiger partial charge in [0.05, 0.1) is 18.1 Å². The van der Waals surface area contributed by atoms with Crippen LogP contribution >= 0.6 is 11.6 Å². The normalized spacial score (nSPS) is 11.5. The monoisotopic (exact) mass is 410 g/mol. The second kappa shape index (κ2) is 9.21. The third kappa shape index (κ3) is 5.33. The molecular weight excluding hydrogens is 392 g/mol. The van der Waals surface area contributed by atoms with Crippen molar-refractivity contribution >= 4 is 28.8 Å². The Balaban J connectivity index is 1.86. The summed E-state index contributed by atoms with van der Waals surface area (Å²) in [6.07, 6.45) is 0.163. The minimum absolute atomic E-state index is 0.0219. The molecule has 148 valence electrons. The molecule has 0 aromatic heterocycles. The van der Waals surface area contributed by atoms with Crippen molar-refractivity contribution in [1.82, 2.24) is 0 Å². The Hall–Kier alpha value is -3.38. The summed E-state index contributed by atoms with van der Waals surface area (Å²) in [6.45, 7) is 0. The largest absolute Gasteiger partial charge is 0.497 e. The summed E-state index contributed by atoms with van der Waals surface area (Å²) in [6, 6.07) is 19.9. The highest BCUT2D eigenvalue weighted by Gasteiger charge is 2.18. The van der Waals surface area contributed by atoms with Crippen LogP contribution in [0, 0.1) is 10.1 Å². The van der Waals surface area contributed by atoms with E-state index in [-0.39, 0.29) is 23.9 Å². The number of ether oxygens (including phenoxy) is 1. The van der Waals surface area contributed by atoms with Crippen molar-refractivity contribution in [2.24, 2.45) is 0 Å². The number of anilines is 1. The second-order valence-corrected chi connectivity index (χ2v) is 6.85. The van der Waals surface area contributed by atoms with Crippen molar-refractivity contribution in [3.63, 3.8) is 0 Å². The molecule has 29 heavy (non-hydrogen) atoms. The molecule has 0 spiro atoms. The summed E-state index contributed by atoms with van der Waals surface area (Å²) < 4.78 is 5.13. The summed E-state index contributed by atoms with van der Waals surface area (Å²) in [5.41, 5.74) is 1.95. The maximum Gasteiger partial charge on any atom is 0.271 e. The fourth-order valence-electron chi connectivity index (χ4n) is 2.94. The predicted octanol–water partition coefficient (Wildman–Crippen LogP) is 5.68. The van der Waals surface area contributed by atoms with Gasteiger partial charge in [0, 0.05) is 34.8 Å². The Morgan fingerprint density at radius 2 is 1.79 bits per heavy atom. The van der Waals surface area contributed by atoms with E-state index in [0.717, 1.165) is 5.56 Å². The number of benzene rings is 3. The first-order chi connectivity index (χ1) is 14.0. The molecule has 1 N–H and O–H groups in total. The number of nitrogens with zero attached hydrogens (tertiary/aromatic N) is 1. The molecule has 3 rings (SSSR count). The van der Waals surface area contributed by atoms with E-state index in [0.29, 0.717) is 22.0 Å². The van der Waals surface area contributed by atoms with E-state index in [1.165, 1.54) is 12.1 Å². The van der Waals surface area contributed by atoms with E-state index in [1.807, 2.05) is 12.1 Å². The highest BCUT2D eigenvalue weighted by Crippen LogP contribution is 2.28. The van der Waals surface area contributed by atoms with Crippen molar-refractivity contribution in [2.75, 3.05) is 12.4 Å². The average Bonchev–Trinajstić information content (AvgIpc) is 2.74. The van der Waals surface area contributed by atoms with Crippen LogP contribution in [0.25, 0.3) is 0 Å². The number of rotatable bonds is 8. The lowest BCUT2D eigenvalue weighted by atomic mass is 9.97. The van der Waals surface area contributed by atoms with Gasteiger partial charge in [-0.25, -0.2) is 0 Å². The van der Waals surface area contributed by atoms with Crippen LogP contribution in [0.5, 0.6) is 5.75 Å². The maximum absolute atomic E-state index is 12.8. The zero-order valence-electron chi connectivity index (χ0n) is 15.7. The zero-order valence-corrected chi connectivity index (χ0v) is 16.4. The van der Waals surface area contributed by atoms with Crippen LogP contribution in [0.1, 0.15) is 28.4 Å². The first kappa shape index (κ1) is 20.4. The quantitative estimate of drug-likeness (QED) is 0.293. The number of methoxy groups -OCH3 is 1. The number of hydrogen-bond donors (Lipinski definition) is 1. The Morgan fingerprint density at radius 3 is 2.41 bits per heavy atom. The molecule has 1 atom stereocenters. The molecule has 3 aromatic carbocycles. The van der Waals surface area contributed by atoms with Crippen molar-refractivity contribution in [3.8, 4) is 5.75 Å². The van der Waals surface area contributed by atoms with Crippen molar-refractivity contribution in [1.29, 1.82) is 0 Å². The molecule has 0 saturated heterocycles. The van der Waals surface area contributed by atoms with Crippen LogP contribution in [0.3, 0.4) is 0 Å². The molecule has 0 amide bonds. The minimum Gasteiger partial charge on any atom is -0.497 e. The number of ketones is 1. The number of hydrogen-bond acceptors (Lipinski definition) is 5. The van der Waals surface area contributed by atoms with Crippen LogP contribution in [-0.2, 0) is 0 Å². The molecule has 7 heteroatoms. The molecule has 0 aliphatic rings. The summed E-state index contributed by atoms with van der Waals surface area (Å²) >= 11 is 5.99. The number of nitrogens with one attached hydrogen (secondary N) is 1. The summed E-state index contributed by atoms with van der Waals surface area (Å²) in [5.74, 6) is 0.607. The Bertz CT molecular complexity index is 1000. The van der Waals surface area contributed by atoms with Crippen molar-refractivity contribution in [2.45, 2.75) is 12.5 Å². The predicted molar refractivity (Wildman–Crippen MR) is 113 cm³/mol. The van der Waals surface area contributed by atoms with Gasteiger partial charge in [-0.15, -0.1) is 0 Å². The van der Waals surface area contributed by atoms with Gasteiger partial charge in [0.1, 0.15) is 5.75 Å². The molecule has 0 bridgehead atoms. The number of carbonyl (C=O) groups is 1. The Morgan fingerprint density at radius 1 is 1.10 bits per heavy atom. The van der Waals surface area contributed by atoms with Gasteiger partial charge in [0.25, 0.3) is 5.69 Å². The number of carbonyl (C=O) groups excluding carboxylic acids is 1. The molecule has 0 aliphatic carbocycles. The lowest BCUT2D eigenvalue weighted by molar-refractivity contribution is -0.384. The second-order valence-electron chi connectivity index (χ2n) is 6.41. The number of nitro groups is 1. The SMILES string of the molecule is COc1ccc(C(=O)CC(Nc2cccc([N+](=O)[O-])c2)c2ccc(Cl)cc2)cc1. The first-order valence-corrected chi connectivity index (χ1v) is 9.28. The van der Waals surface area contributed by atoms with Crippen LogP contribution in [-0.4, -0.2) is 17.8 Å². The molecule has 3 aromatic rings. The molecule has 1 unspecified atom stereocenters. The lowest BCUT2D eigenvalue weighted by Gasteiger charge is -2.20. The third-order valence-electron chi connectivity index (χ3n) is 4.47. The van der Waals surface area contributed by atoms with Crippen LogP contribution in [0.15, 0.2) is 72.8 Å². The van der Waals surface area contributed by atoms with Gasteiger partial charge in [-0.05, 0) is 48.0 Å². The fraction of sp³-hybridized carbons (Fsp3) is 0.136. The number of Topliss-reactive ketones (excluding diaryl/α,β-unsaturated/α-hetero) is 1. The average molecular weight is 411 g/mol. The molecule has 0 aliphatic heterocycles. The summed E-state index contributed by atoms with van der Waals surface area (Å²) in [7, 11) is 1.57. The van der Waals surface area contributed by atoms with E-state index < -0.39 is 4.92 Å². The van der Waals surface area contributed by atoms with Gasteiger partial charge in [-0.3, -0.25) is 14.9 Å². The minimum atomic E-state index is -0.453. The van der Waals surface area contributed by atoms with Gasteiger partial charge >= 0.3 is 0 Å². The molecule has 0 heterocycles. The topological polar surface area (TPSA) is 81.5 Å². The van der Waals surface area contributed by atoms with E-state index in [1.54, 1.807) is 55.6 Å². The first-order valence-electron chi connectivity index (χ1n) is 8.90. The van der Waals surface area contributed by atoms with Gasteiger partial charge in [-0.2, -0.15) is 0 Å². The van der Waals surface area contributed by atoms with E-state index >= 15 is 0 Å². The summed E-state index contributed by atoms with van der Waals surface area (Å²) in [4.78, 5) is 23.5. The smallest absolute Gasteiger partial charge is 0.271 e. The number of halogens is 1. The lowest BCUT2D eigenvalue weighted by Crippen LogP contribution is -2.16. The maximum atomic E-state index is 12.8. The van der Waals surface area contributed by atoms with E-state index in [4.69, 9.17) is 16.3 Å². The van der Waals surface area contributed by atoms with E-state index in [9.17, 15) is 14.9 Å². The van der Waals surface area contributed by atoms with Gasteiger partial charge in [0.2, 0.25) is 0 Å². The van der Waals surface area contributed by atoms with Gasteiger partial charge in [-0.1, -0.05) is 29.8 Å². The van der Waals surface area contributed by atoms with Crippen LogP contribution in [0.2, 0.25) is 5.02 Å². The number of non-ortho nitro benzene ring substituents is 1. The third-order valence-corrected chi connectivity index (χ3v) is 4.72. The Labute approximate surface area is 173 Å². The highest BCUT2D eigenvalue weighted by molar-refractivity contribution is 6.30. The standard InChI is InChI=1S/C22H19ClN2O4/c1-29-20-11-7-16(8-12-20)22(26)14-21(15-5-9-17(23)10-6-15)24-18-3-2-4-19(13-18)25(27)28/h2-13,21,24H,14H2,1H3. The Kier molecular flexibility index (Phi) is 6.46. The molecular formula is C22H19ClN2O4. The van der Waals surface area contributed by atoms with Crippen molar-refractivity contribution in [3.05, 3.63) is 99.1 Å². The van der Waals surface area contributed by atoms with Crippen LogP contribution < -0.4 is 10.1 Å². The molecule has 0 saturated carbocycles. The fourth-order valence-corrected chi connectivity index (χ4v) is 3.06. The number of nitro benzene ring substituents is 1. The zero-order chi connectivity index (χ0) is 20.8. The van der Waals surface area contributed by atoms with Crippen LogP contribution in [0.4, 0.5) is 11.4 Å². The highest BCUT2D eigenvalue weighted by atomic mass is 35.5. The molecule has 0 radical (unpaired) electrons. The van der Waals surface area contributed by atoms with Crippen molar-refractivity contribution < 1.29 is 14.5 Å². The molecule has 0 fully saturated rings. The molecule has 6 nitrogen and oxygen atoms in total. The summed E-state index contributed by atoms with van der Waals surface area (Å²) in [5, 5.41) is 14.9. The van der Waals surface area contributed by atoms with Gasteiger partial charge in [0.15, 0.2) is 5.78 Å². The van der Waals surface area contributed by atoms with Gasteiger partial charge < -0.3 is 10.1 Å². The van der Waals surface area contributed by atoms with E-state index in [2.05, 4.69) is 5.32 Å².